The molecule has 2 aromatic carbocycles. The molecule has 3 rings (SSSR count). The van der Waals surface area contributed by atoms with Gasteiger partial charge in [-0.05, 0) is 51.0 Å². The van der Waals surface area contributed by atoms with Gasteiger partial charge in [-0.15, -0.1) is 0 Å². The van der Waals surface area contributed by atoms with E-state index in [1.54, 1.807) is 48.5 Å². The zero-order chi connectivity index (χ0) is 20.4. The van der Waals surface area contributed by atoms with Crippen LogP contribution in [0, 0.1) is 13.8 Å². The maximum Gasteiger partial charge on any atom is 0.240 e. The number of hydrogen-bond acceptors (Lipinski definition) is 4. The average molecular weight is 423 g/mol. The lowest BCUT2D eigenvalue weighted by Gasteiger charge is -2.32. The summed E-state index contributed by atoms with van der Waals surface area (Å²) in [4.78, 5) is 0.368. The molecule has 2 N–H and O–H groups in total. The van der Waals surface area contributed by atoms with Crippen molar-refractivity contribution < 1.29 is 16.8 Å². The highest BCUT2D eigenvalue weighted by molar-refractivity contribution is 7.90. The number of rotatable bonds is 6. The molecular formula is C20H26N2O4S2. The van der Waals surface area contributed by atoms with Crippen molar-refractivity contribution in [1.29, 1.82) is 0 Å². The van der Waals surface area contributed by atoms with Crippen LogP contribution in [-0.2, 0) is 20.0 Å². The third-order valence-electron chi connectivity index (χ3n) is 5.04. The summed E-state index contributed by atoms with van der Waals surface area (Å²) in [6, 6.07) is 12.2. The van der Waals surface area contributed by atoms with Crippen LogP contribution in [0.25, 0.3) is 0 Å². The SMILES string of the molecule is Cc1ccc(S(=O)(=O)N[C@@H]2CCCC[C@H]2NS(=O)(=O)c2ccc(C)cc2)cc1. The van der Waals surface area contributed by atoms with Crippen molar-refractivity contribution in [2.24, 2.45) is 0 Å². The quantitative estimate of drug-likeness (QED) is 0.749. The molecule has 0 bridgehead atoms. The Morgan fingerprint density at radius 1 is 0.643 bits per heavy atom. The van der Waals surface area contributed by atoms with Gasteiger partial charge in [0.05, 0.1) is 9.79 Å². The molecule has 1 aliphatic rings. The summed E-state index contributed by atoms with van der Waals surface area (Å²) in [5, 5.41) is 0. The Labute approximate surface area is 167 Å². The molecule has 0 heterocycles. The molecule has 0 unspecified atom stereocenters. The first-order valence-corrected chi connectivity index (χ1v) is 12.3. The molecule has 28 heavy (non-hydrogen) atoms. The van der Waals surface area contributed by atoms with E-state index < -0.39 is 32.1 Å². The van der Waals surface area contributed by atoms with Gasteiger partial charge >= 0.3 is 0 Å². The van der Waals surface area contributed by atoms with E-state index in [9.17, 15) is 16.8 Å². The van der Waals surface area contributed by atoms with E-state index in [2.05, 4.69) is 9.44 Å². The van der Waals surface area contributed by atoms with Gasteiger partial charge in [-0.3, -0.25) is 0 Å². The molecule has 0 aliphatic heterocycles. The molecule has 0 spiro atoms. The summed E-state index contributed by atoms with van der Waals surface area (Å²) in [5.74, 6) is 0. The maximum atomic E-state index is 12.7. The second-order valence-corrected chi connectivity index (χ2v) is 10.8. The van der Waals surface area contributed by atoms with Gasteiger partial charge < -0.3 is 0 Å². The van der Waals surface area contributed by atoms with Crippen LogP contribution < -0.4 is 9.44 Å². The molecule has 0 aromatic heterocycles. The fraction of sp³-hybridized carbons (Fsp3) is 0.400. The van der Waals surface area contributed by atoms with Gasteiger partial charge in [0.15, 0.2) is 0 Å². The third kappa shape index (κ3) is 5.00. The van der Waals surface area contributed by atoms with E-state index in [0.717, 1.165) is 24.0 Å². The number of hydrogen-bond donors (Lipinski definition) is 2. The van der Waals surface area contributed by atoms with Crippen LogP contribution in [0.1, 0.15) is 36.8 Å². The van der Waals surface area contributed by atoms with Crippen LogP contribution in [0.5, 0.6) is 0 Å². The molecule has 2 atom stereocenters. The summed E-state index contributed by atoms with van der Waals surface area (Å²) in [7, 11) is -7.44. The van der Waals surface area contributed by atoms with Crippen LogP contribution in [0.4, 0.5) is 0 Å². The van der Waals surface area contributed by atoms with Crippen molar-refractivity contribution in [2.75, 3.05) is 0 Å². The molecule has 8 heteroatoms. The lowest BCUT2D eigenvalue weighted by molar-refractivity contribution is 0.340. The number of nitrogens with one attached hydrogen (secondary N) is 2. The molecule has 6 nitrogen and oxygen atoms in total. The van der Waals surface area contributed by atoms with Gasteiger partial charge in [0.1, 0.15) is 0 Å². The van der Waals surface area contributed by atoms with E-state index in [1.807, 2.05) is 13.8 Å². The lowest BCUT2D eigenvalue weighted by Crippen LogP contribution is -2.52. The molecule has 1 saturated carbocycles. The summed E-state index contributed by atoms with van der Waals surface area (Å²) in [6.45, 7) is 3.78. The van der Waals surface area contributed by atoms with Gasteiger partial charge in [0.25, 0.3) is 0 Å². The van der Waals surface area contributed by atoms with Gasteiger partial charge in [-0.2, -0.15) is 0 Å². The van der Waals surface area contributed by atoms with E-state index in [-0.39, 0.29) is 9.79 Å². The van der Waals surface area contributed by atoms with Gasteiger partial charge in [0.2, 0.25) is 20.0 Å². The normalized spacial score (nSPS) is 20.8. The van der Waals surface area contributed by atoms with Crippen molar-refractivity contribution in [3.8, 4) is 0 Å². The second kappa shape index (κ2) is 8.32. The van der Waals surface area contributed by atoms with Crippen molar-refractivity contribution in [2.45, 2.75) is 61.4 Å². The van der Waals surface area contributed by atoms with Crippen LogP contribution in [-0.4, -0.2) is 28.9 Å². The van der Waals surface area contributed by atoms with E-state index in [1.165, 1.54) is 0 Å². The van der Waals surface area contributed by atoms with E-state index in [0.29, 0.717) is 12.8 Å². The summed E-state index contributed by atoms with van der Waals surface area (Å²) >= 11 is 0. The van der Waals surface area contributed by atoms with E-state index >= 15 is 0 Å². The van der Waals surface area contributed by atoms with Gasteiger partial charge in [-0.25, -0.2) is 26.3 Å². The maximum absolute atomic E-state index is 12.7. The highest BCUT2D eigenvalue weighted by Crippen LogP contribution is 2.23. The van der Waals surface area contributed by atoms with Gasteiger partial charge in [-0.1, -0.05) is 48.2 Å². The standard InChI is InChI=1S/C20H26N2O4S2/c1-15-7-11-17(12-8-15)27(23,24)21-19-5-3-4-6-20(19)22-28(25,26)18-13-9-16(2)10-14-18/h7-14,19-22H,3-6H2,1-2H3/t19-,20-/m1/s1. The lowest BCUT2D eigenvalue weighted by atomic mass is 9.92. The first-order chi connectivity index (χ1) is 13.2. The predicted molar refractivity (Wildman–Crippen MR) is 109 cm³/mol. The molecule has 1 aliphatic carbocycles. The molecule has 0 amide bonds. The summed E-state index contributed by atoms with van der Waals surface area (Å²) in [6.07, 6.45) is 2.88. The largest absolute Gasteiger partial charge is 0.240 e. The zero-order valence-corrected chi connectivity index (χ0v) is 17.7. The van der Waals surface area contributed by atoms with Crippen LogP contribution in [0.2, 0.25) is 0 Å². The van der Waals surface area contributed by atoms with Crippen molar-refractivity contribution in [3.63, 3.8) is 0 Å². The minimum atomic E-state index is -3.72. The second-order valence-electron chi connectivity index (χ2n) is 7.37. The van der Waals surface area contributed by atoms with Crippen LogP contribution in [0.15, 0.2) is 58.3 Å². The highest BCUT2D eigenvalue weighted by Gasteiger charge is 2.32. The molecule has 152 valence electrons. The first-order valence-electron chi connectivity index (χ1n) is 9.35. The number of sulfonamides is 2. The molecular weight excluding hydrogens is 396 g/mol. The summed E-state index contributed by atoms with van der Waals surface area (Å²) < 4.78 is 56.4. The van der Waals surface area contributed by atoms with Crippen molar-refractivity contribution in [3.05, 3.63) is 59.7 Å². The number of aryl methyl sites for hydroxylation is 2. The molecule has 0 radical (unpaired) electrons. The number of benzene rings is 2. The Bertz CT molecular complexity index is 929. The Morgan fingerprint density at radius 2 is 0.964 bits per heavy atom. The molecule has 0 saturated heterocycles. The van der Waals surface area contributed by atoms with Crippen molar-refractivity contribution in [1.82, 2.24) is 9.44 Å². The zero-order valence-electron chi connectivity index (χ0n) is 16.1. The monoisotopic (exact) mass is 422 g/mol. The Balaban J connectivity index is 1.78. The Morgan fingerprint density at radius 3 is 1.29 bits per heavy atom. The fourth-order valence-electron chi connectivity index (χ4n) is 3.38. The molecule has 1 fully saturated rings. The Hall–Kier alpha value is -1.74. The smallest absolute Gasteiger partial charge is 0.207 e. The minimum Gasteiger partial charge on any atom is -0.207 e. The third-order valence-corrected chi connectivity index (χ3v) is 8.05. The summed E-state index contributed by atoms with van der Waals surface area (Å²) in [5.41, 5.74) is 1.95. The van der Waals surface area contributed by atoms with E-state index in [4.69, 9.17) is 0 Å². The van der Waals surface area contributed by atoms with Crippen LogP contribution >= 0.6 is 0 Å². The molecule has 2 aromatic rings. The first kappa shape index (κ1) is 21.0. The highest BCUT2D eigenvalue weighted by atomic mass is 32.2. The van der Waals surface area contributed by atoms with Crippen LogP contribution in [0.3, 0.4) is 0 Å². The Kier molecular flexibility index (Phi) is 6.24. The average Bonchev–Trinajstić information content (AvgIpc) is 2.64. The minimum absolute atomic E-state index is 0.184. The topological polar surface area (TPSA) is 92.3 Å². The fourth-order valence-corrected chi connectivity index (χ4v) is 6.00. The van der Waals surface area contributed by atoms with Crippen molar-refractivity contribution >= 4 is 20.0 Å². The van der Waals surface area contributed by atoms with Gasteiger partial charge in [0, 0.05) is 12.1 Å². The predicted octanol–water partition coefficient (Wildman–Crippen LogP) is 2.87.